The van der Waals surface area contributed by atoms with E-state index in [2.05, 4.69) is 33.8 Å². The molecule has 1 aromatic carbocycles. The number of benzene rings is 1. The second-order valence-electron chi connectivity index (χ2n) is 7.09. The number of anilines is 1. The van der Waals surface area contributed by atoms with Crippen LogP contribution in [0, 0.1) is 0 Å². The van der Waals surface area contributed by atoms with Gasteiger partial charge in [-0.2, -0.15) is 0 Å². The van der Waals surface area contributed by atoms with Crippen molar-refractivity contribution in [3.8, 4) is 0 Å². The van der Waals surface area contributed by atoms with Gasteiger partial charge in [0.05, 0.1) is 17.6 Å². The first-order chi connectivity index (χ1) is 14.8. The number of pyridine rings is 1. The van der Waals surface area contributed by atoms with Gasteiger partial charge in [0.1, 0.15) is 17.9 Å². The Balaban J connectivity index is 1.69. The molecular formula is C24H32N4O2. The number of unbranched alkanes of at least 4 members (excludes halogenated alkanes) is 2. The average molecular weight is 409 g/mol. The maximum Gasteiger partial charge on any atom is 0.152 e. The van der Waals surface area contributed by atoms with Crippen molar-refractivity contribution in [2.75, 3.05) is 25.6 Å². The summed E-state index contributed by atoms with van der Waals surface area (Å²) in [5, 5.41) is 1.05. The lowest BCUT2D eigenvalue weighted by atomic mass is 10.2. The summed E-state index contributed by atoms with van der Waals surface area (Å²) in [6.45, 7) is 7.16. The maximum absolute atomic E-state index is 6.22. The second kappa shape index (κ2) is 11.5. The highest BCUT2D eigenvalue weighted by Gasteiger charge is 2.17. The highest BCUT2D eigenvalue weighted by Crippen LogP contribution is 2.29. The molecule has 0 atom stereocenters. The molecule has 0 saturated carbocycles. The van der Waals surface area contributed by atoms with Crippen LogP contribution < -0.4 is 5.73 Å². The van der Waals surface area contributed by atoms with Crippen LogP contribution in [0.25, 0.3) is 21.9 Å². The number of imidazole rings is 1. The molecule has 0 radical (unpaired) electrons. The molecule has 0 saturated heterocycles. The molecule has 6 heteroatoms. The van der Waals surface area contributed by atoms with E-state index in [9.17, 15) is 0 Å². The molecule has 0 unspecified atom stereocenters. The maximum atomic E-state index is 6.22. The van der Waals surface area contributed by atoms with Gasteiger partial charge >= 0.3 is 0 Å². The molecule has 0 fully saturated rings. The van der Waals surface area contributed by atoms with Crippen molar-refractivity contribution in [2.45, 2.75) is 46.3 Å². The first kappa shape index (κ1) is 22.0. The molecule has 2 N–H and O–H groups in total. The molecule has 2 aromatic heterocycles. The smallest absolute Gasteiger partial charge is 0.152 e. The largest absolute Gasteiger partial charge is 0.382 e. The summed E-state index contributed by atoms with van der Waals surface area (Å²) in [5.74, 6) is 1.31. The monoisotopic (exact) mass is 408 g/mol. The van der Waals surface area contributed by atoms with Gasteiger partial charge < -0.3 is 19.8 Å². The number of rotatable bonds is 12. The first-order valence-electron chi connectivity index (χ1n) is 10.7. The predicted octanol–water partition coefficient (Wildman–Crippen LogP) is 5.02. The third-order valence-electron chi connectivity index (χ3n) is 4.93. The SMILES string of the molecule is C/C=C\C=C/CCCCOCCn1c(COCC)nc2c(N)nc3ccccc3c21. The van der Waals surface area contributed by atoms with Crippen molar-refractivity contribution in [2.24, 2.45) is 0 Å². The van der Waals surface area contributed by atoms with Crippen LogP contribution >= 0.6 is 0 Å². The van der Waals surface area contributed by atoms with Crippen molar-refractivity contribution in [3.05, 3.63) is 54.4 Å². The summed E-state index contributed by atoms with van der Waals surface area (Å²) < 4.78 is 13.7. The predicted molar refractivity (Wildman–Crippen MR) is 123 cm³/mol. The van der Waals surface area contributed by atoms with Crippen LogP contribution in [-0.4, -0.2) is 34.4 Å². The Morgan fingerprint density at radius 3 is 2.77 bits per heavy atom. The molecular weight excluding hydrogens is 376 g/mol. The van der Waals surface area contributed by atoms with Crippen LogP contribution in [0.15, 0.2) is 48.6 Å². The zero-order chi connectivity index (χ0) is 21.2. The number of hydrogen-bond acceptors (Lipinski definition) is 5. The van der Waals surface area contributed by atoms with Crippen LogP contribution in [0.1, 0.15) is 38.9 Å². The van der Waals surface area contributed by atoms with Gasteiger partial charge in [0.15, 0.2) is 5.82 Å². The van der Waals surface area contributed by atoms with Gasteiger partial charge in [0.2, 0.25) is 0 Å². The lowest BCUT2D eigenvalue weighted by Gasteiger charge is -2.11. The van der Waals surface area contributed by atoms with Gasteiger partial charge in [0, 0.05) is 25.1 Å². The lowest BCUT2D eigenvalue weighted by molar-refractivity contribution is 0.112. The lowest BCUT2D eigenvalue weighted by Crippen LogP contribution is -2.11. The molecule has 3 aromatic rings. The summed E-state index contributed by atoms with van der Waals surface area (Å²) >= 11 is 0. The van der Waals surface area contributed by atoms with Gasteiger partial charge in [-0.1, -0.05) is 42.5 Å². The molecule has 0 bridgehead atoms. The average Bonchev–Trinajstić information content (AvgIpc) is 3.13. The molecule has 0 amide bonds. The zero-order valence-electron chi connectivity index (χ0n) is 18.0. The van der Waals surface area contributed by atoms with E-state index >= 15 is 0 Å². The molecule has 0 aliphatic carbocycles. The summed E-state index contributed by atoms with van der Waals surface area (Å²) in [7, 11) is 0. The fraction of sp³-hybridized carbons (Fsp3) is 0.417. The third kappa shape index (κ3) is 5.46. The molecule has 160 valence electrons. The van der Waals surface area contributed by atoms with Crippen LogP contribution in [0.2, 0.25) is 0 Å². The minimum absolute atomic E-state index is 0.442. The standard InChI is InChI=1S/C24H32N4O2/c1-3-5-6-7-8-9-12-16-30-17-15-28-21(18-29-4-2)27-22-23(28)19-13-10-11-14-20(19)26-24(22)25/h3,5-7,10-11,13-14H,4,8-9,12,15-18H2,1-2H3,(H2,25,26)/b5-3-,7-6-. The molecule has 0 aliphatic rings. The first-order valence-corrected chi connectivity index (χ1v) is 10.7. The van der Waals surface area contributed by atoms with Crippen LogP contribution in [0.3, 0.4) is 0 Å². The number of nitrogens with zero attached hydrogens (tertiary/aromatic N) is 3. The summed E-state index contributed by atoms with van der Waals surface area (Å²) in [6.07, 6.45) is 11.6. The number of aromatic nitrogens is 3. The summed E-state index contributed by atoms with van der Waals surface area (Å²) in [4.78, 5) is 9.26. The molecule has 3 rings (SSSR count). The normalized spacial score (nSPS) is 12.2. The van der Waals surface area contributed by atoms with Crippen LogP contribution in [-0.2, 0) is 22.6 Å². The Morgan fingerprint density at radius 1 is 1.07 bits per heavy atom. The number of nitrogens with two attached hydrogens (primary N) is 1. The van der Waals surface area contributed by atoms with Crippen molar-refractivity contribution in [3.63, 3.8) is 0 Å². The number of hydrogen-bond donors (Lipinski definition) is 1. The number of nitrogen functional groups attached to an aromatic ring is 1. The van der Waals surface area contributed by atoms with Gasteiger partial charge in [0.25, 0.3) is 0 Å². The summed E-state index contributed by atoms with van der Waals surface area (Å²) in [6, 6.07) is 8.03. The van der Waals surface area contributed by atoms with E-state index in [0.29, 0.717) is 32.2 Å². The Morgan fingerprint density at radius 2 is 1.93 bits per heavy atom. The molecule has 0 aliphatic heterocycles. The Labute approximate surface area is 178 Å². The Kier molecular flexibility index (Phi) is 8.41. The van der Waals surface area contributed by atoms with Crippen molar-refractivity contribution in [1.82, 2.24) is 14.5 Å². The minimum atomic E-state index is 0.442. The third-order valence-corrected chi connectivity index (χ3v) is 4.93. The highest BCUT2D eigenvalue weighted by atomic mass is 16.5. The van der Waals surface area contributed by atoms with Gasteiger partial charge in [-0.05, 0) is 39.2 Å². The molecule has 6 nitrogen and oxygen atoms in total. The topological polar surface area (TPSA) is 75.2 Å². The fourth-order valence-corrected chi connectivity index (χ4v) is 3.46. The molecule has 30 heavy (non-hydrogen) atoms. The highest BCUT2D eigenvalue weighted by molar-refractivity contribution is 6.06. The second-order valence-corrected chi connectivity index (χ2v) is 7.09. The number of fused-ring (bicyclic) bond motifs is 3. The van der Waals surface area contributed by atoms with Crippen LogP contribution in [0.4, 0.5) is 5.82 Å². The van der Waals surface area contributed by atoms with Crippen molar-refractivity contribution < 1.29 is 9.47 Å². The number of allylic oxidation sites excluding steroid dienone is 4. The van der Waals surface area contributed by atoms with E-state index < -0.39 is 0 Å². The van der Waals surface area contributed by atoms with Crippen molar-refractivity contribution in [1.29, 1.82) is 0 Å². The van der Waals surface area contributed by atoms with E-state index in [0.717, 1.165) is 53.6 Å². The van der Waals surface area contributed by atoms with E-state index in [1.807, 2.05) is 38.1 Å². The van der Waals surface area contributed by atoms with E-state index in [-0.39, 0.29) is 0 Å². The van der Waals surface area contributed by atoms with E-state index in [1.54, 1.807) is 0 Å². The summed E-state index contributed by atoms with van der Waals surface area (Å²) in [5.41, 5.74) is 8.83. The van der Waals surface area contributed by atoms with Crippen LogP contribution in [0.5, 0.6) is 0 Å². The van der Waals surface area contributed by atoms with E-state index in [1.165, 1.54) is 0 Å². The quantitative estimate of drug-likeness (QED) is 0.336. The number of para-hydroxylation sites is 1. The molecule has 2 heterocycles. The number of ether oxygens (including phenoxy) is 2. The van der Waals surface area contributed by atoms with Gasteiger partial charge in [-0.3, -0.25) is 0 Å². The van der Waals surface area contributed by atoms with Crippen molar-refractivity contribution >= 4 is 27.8 Å². The van der Waals surface area contributed by atoms with Gasteiger partial charge in [-0.25, -0.2) is 9.97 Å². The molecule has 0 spiro atoms. The Hall–Kier alpha value is -2.70. The minimum Gasteiger partial charge on any atom is -0.382 e. The van der Waals surface area contributed by atoms with Gasteiger partial charge in [-0.15, -0.1) is 0 Å². The Bertz CT molecular complexity index is 1010. The van der Waals surface area contributed by atoms with E-state index in [4.69, 9.17) is 20.2 Å². The fourth-order valence-electron chi connectivity index (χ4n) is 3.46. The zero-order valence-corrected chi connectivity index (χ0v) is 18.0.